The van der Waals surface area contributed by atoms with Gasteiger partial charge in [-0.2, -0.15) is 0 Å². The number of aromatic nitrogens is 2. The number of anilines is 1. The van der Waals surface area contributed by atoms with E-state index in [1.807, 2.05) is 24.3 Å². The van der Waals surface area contributed by atoms with Crippen LogP contribution in [0.25, 0.3) is 0 Å². The second-order valence-electron chi connectivity index (χ2n) is 9.94. The van der Waals surface area contributed by atoms with E-state index in [0.717, 1.165) is 31.2 Å². The number of amides is 2. The van der Waals surface area contributed by atoms with Gasteiger partial charge >= 0.3 is 0 Å². The molecular formula is C30H34N4O3. The van der Waals surface area contributed by atoms with Crippen LogP contribution in [0.3, 0.4) is 0 Å². The van der Waals surface area contributed by atoms with Crippen LogP contribution in [0.5, 0.6) is 0 Å². The Morgan fingerprint density at radius 1 is 0.946 bits per heavy atom. The Morgan fingerprint density at radius 2 is 1.65 bits per heavy atom. The van der Waals surface area contributed by atoms with Crippen LogP contribution in [-0.2, 0) is 4.79 Å². The zero-order valence-corrected chi connectivity index (χ0v) is 21.7. The molecule has 1 aromatic heterocycles. The van der Waals surface area contributed by atoms with Crippen LogP contribution in [-0.4, -0.2) is 33.6 Å². The minimum atomic E-state index is -0.958. The fourth-order valence-corrected chi connectivity index (χ4v) is 4.80. The molecule has 37 heavy (non-hydrogen) atoms. The van der Waals surface area contributed by atoms with Gasteiger partial charge in [-0.05, 0) is 48.9 Å². The average Bonchev–Trinajstić information content (AvgIpc) is 2.92. The van der Waals surface area contributed by atoms with Crippen LogP contribution in [0, 0.1) is 0 Å². The predicted octanol–water partition coefficient (Wildman–Crippen LogP) is 5.64. The van der Waals surface area contributed by atoms with Crippen LogP contribution in [0.2, 0.25) is 0 Å². The smallest absolute Gasteiger partial charge is 0.279 e. The highest BCUT2D eigenvalue weighted by molar-refractivity contribution is 6.09. The van der Waals surface area contributed by atoms with Crippen LogP contribution in [0.4, 0.5) is 5.69 Å². The number of hydrogen-bond acceptors (Lipinski definition) is 5. The summed E-state index contributed by atoms with van der Waals surface area (Å²) in [5.74, 6) is -0.522. The molecule has 4 rings (SSSR count). The van der Waals surface area contributed by atoms with E-state index in [1.165, 1.54) is 36.8 Å². The summed E-state index contributed by atoms with van der Waals surface area (Å²) in [7, 11) is 0. The summed E-state index contributed by atoms with van der Waals surface area (Å²) in [6.07, 6.45) is 9.49. The van der Waals surface area contributed by atoms with Gasteiger partial charge in [-0.25, -0.2) is 4.98 Å². The molecule has 0 saturated heterocycles. The number of ketones is 1. The Kier molecular flexibility index (Phi) is 8.43. The lowest BCUT2D eigenvalue weighted by Crippen LogP contribution is -2.47. The zero-order chi connectivity index (χ0) is 26.4. The second-order valence-corrected chi connectivity index (χ2v) is 9.94. The first-order valence-electron chi connectivity index (χ1n) is 13.0. The largest absolute Gasteiger partial charge is 0.351 e. The maximum Gasteiger partial charge on any atom is 0.279 e. The first-order chi connectivity index (χ1) is 17.8. The van der Waals surface area contributed by atoms with Gasteiger partial charge in [0.15, 0.2) is 5.78 Å². The summed E-state index contributed by atoms with van der Waals surface area (Å²) in [4.78, 5) is 49.9. The summed E-state index contributed by atoms with van der Waals surface area (Å²) in [5.41, 5.74) is 2.84. The molecule has 7 nitrogen and oxygen atoms in total. The van der Waals surface area contributed by atoms with Crippen molar-refractivity contribution in [3.63, 3.8) is 0 Å². The van der Waals surface area contributed by atoms with Crippen molar-refractivity contribution in [2.45, 2.75) is 70.9 Å². The predicted molar refractivity (Wildman–Crippen MR) is 144 cm³/mol. The molecule has 2 amide bonds. The minimum absolute atomic E-state index is 0.0655. The molecule has 0 bridgehead atoms. The molecule has 0 spiro atoms. The maximum absolute atomic E-state index is 14.0. The molecule has 7 heteroatoms. The van der Waals surface area contributed by atoms with E-state index in [2.05, 4.69) is 29.1 Å². The van der Waals surface area contributed by atoms with Gasteiger partial charge < -0.3 is 5.32 Å². The standard InChI is InChI=1S/C30H34N4O3/c1-20(2)22-12-14-23(15-13-22)28(29(36)33-25-9-5-4-6-10-25)34(30(37)27-19-31-16-17-32-27)26-11-7-8-24(18-26)21(3)35/h7-8,11-20,25,28H,4-6,9-10H2,1-3H3,(H,33,36)/t28-/m1/s1. The summed E-state index contributed by atoms with van der Waals surface area (Å²) < 4.78 is 0. The molecule has 0 aliphatic heterocycles. The number of rotatable bonds is 8. The van der Waals surface area contributed by atoms with Crippen molar-refractivity contribution in [1.82, 2.24) is 15.3 Å². The first kappa shape index (κ1) is 26.2. The summed E-state index contributed by atoms with van der Waals surface area (Å²) in [6, 6.07) is 13.7. The van der Waals surface area contributed by atoms with Crippen LogP contribution in [0.1, 0.15) is 96.8 Å². The quantitative estimate of drug-likeness (QED) is 0.406. The molecule has 1 fully saturated rings. The Morgan fingerprint density at radius 3 is 2.27 bits per heavy atom. The van der Waals surface area contributed by atoms with E-state index >= 15 is 0 Å². The monoisotopic (exact) mass is 498 g/mol. The highest BCUT2D eigenvalue weighted by atomic mass is 16.2. The lowest BCUT2D eigenvalue weighted by molar-refractivity contribution is -0.123. The molecule has 192 valence electrons. The number of benzene rings is 2. The van der Waals surface area contributed by atoms with Crippen molar-refractivity contribution in [1.29, 1.82) is 0 Å². The fourth-order valence-electron chi connectivity index (χ4n) is 4.80. The maximum atomic E-state index is 14.0. The zero-order valence-electron chi connectivity index (χ0n) is 21.7. The highest BCUT2D eigenvalue weighted by Crippen LogP contribution is 2.32. The number of carbonyl (C=O) groups excluding carboxylic acids is 3. The van der Waals surface area contributed by atoms with Crippen molar-refractivity contribution in [2.24, 2.45) is 0 Å². The molecule has 1 atom stereocenters. The normalized spacial score (nSPS) is 14.7. The average molecular weight is 499 g/mol. The third-order valence-corrected chi connectivity index (χ3v) is 6.91. The van der Waals surface area contributed by atoms with Crippen molar-refractivity contribution >= 4 is 23.3 Å². The lowest BCUT2D eigenvalue weighted by Gasteiger charge is -2.33. The van der Waals surface area contributed by atoms with E-state index in [4.69, 9.17) is 0 Å². The van der Waals surface area contributed by atoms with Crippen molar-refractivity contribution < 1.29 is 14.4 Å². The van der Waals surface area contributed by atoms with E-state index in [0.29, 0.717) is 22.7 Å². The molecule has 1 aliphatic rings. The van der Waals surface area contributed by atoms with E-state index in [1.54, 1.807) is 24.3 Å². The molecule has 3 aromatic rings. The van der Waals surface area contributed by atoms with E-state index in [-0.39, 0.29) is 23.4 Å². The SMILES string of the molecule is CC(=O)c1cccc(N(C(=O)c2cnccn2)[C@@H](C(=O)NC2CCCCC2)c2ccc(C(C)C)cc2)c1. The Labute approximate surface area is 218 Å². The van der Waals surface area contributed by atoms with Gasteiger partial charge in [-0.15, -0.1) is 0 Å². The molecular weight excluding hydrogens is 464 g/mol. The van der Waals surface area contributed by atoms with Crippen molar-refractivity contribution in [2.75, 3.05) is 4.90 Å². The first-order valence-corrected chi connectivity index (χ1v) is 13.0. The topological polar surface area (TPSA) is 92.3 Å². The lowest BCUT2D eigenvalue weighted by atomic mass is 9.94. The van der Waals surface area contributed by atoms with Gasteiger partial charge in [0.2, 0.25) is 5.91 Å². The van der Waals surface area contributed by atoms with Crippen molar-refractivity contribution in [3.8, 4) is 0 Å². The van der Waals surface area contributed by atoms with Gasteiger partial charge in [0, 0.05) is 29.7 Å². The number of nitrogens with zero attached hydrogens (tertiary/aromatic N) is 3. The molecule has 0 radical (unpaired) electrons. The fraction of sp³-hybridized carbons (Fsp3) is 0.367. The molecule has 2 aromatic carbocycles. The number of nitrogens with one attached hydrogen (secondary N) is 1. The number of hydrogen-bond donors (Lipinski definition) is 1. The Balaban J connectivity index is 1.84. The van der Waals surface area contributed by atoms with Crippen LogP contribution >= 0.6 is 0 Å². The summed E-state index contributed by atoms with van der Waals surface area (Å²) in [5, 5.41) is 3.21. The van der Waals surface area contributed by atoms with Gasteiger partial charge in [0.05, 0.1) is 6.20 Å². The van der Waals surface area contributed by atoms with Crippen molar-refractivity contribution in [3.05, 3.63) is 89.5 Å². The molecule has 1 saturated carbocycles. The summed E-state index contributed by atoms with van der Waals surface area (Å²) >= 11 is 0. The third kappa shape index (κ3) is 6.28. The molecule has 1 N–H and O–H groups in total. The summed E-state index contributed by atoms with van der Waals surface area (Å²) in [6.45, 7) is 5.70. The van der Waals surface area contributed by atoms with Crippen LogP contribution in [0.15, 0.2) is 67.1 Å². The second kappa shape index (κ2) is 11.9. The minimum Gasteiger partial charge on any atom is -0.351 e. The van der Waals surface area contributed by atoms with Gasteiger partial charge in [0.25, 0.3) is 5.91 Å². The third-order valence-electron chi connectivity index (χ3n) is 6.91. The van der Waals surface area contributed by atoms with E-state index in [9.17, 15) is 14.4 Å². The number of Topliss-reactive ketones (excluding diaryl/α,β-unsaturated/α-hetero) is 1. The molecule has 0 unspecified atom stereocenters. The number of carbonyl (C=O) groups is 3. The Bertz CT molecular complexity index is 1240. The molecule has 1 aliphatic carbocycles. The Hall–Kier alpha value is -3.87. The highest BCUT2D eigenvalue weighted by Gasteiger charge is 2.35. The van der Waals surface area contributed by atoms with Gasteiger partial charge in [-0.1, -0.05) is 69.5 Å². The van der Waals surface area contributed by atoms with Crippen LogP contribution < -0.4 is 10.2 Å². The van der Waals surface area contributed by atoms with Gasteiger partial charge in [-0.3, -0.25) is 24.3 Å². The molecule has 1 heterocycles. The van der Waals surface area contributed by atoms with Gasteiger partial charge in [0.1, 0.15) is 11.7 Å². The van der Waals surface area contributed by atoms with E-state index < -0.39 is 11.9 Å².